The summed E-state index contributed by atoms with van der Waals surface area (Å²) in [6.07, 6.45) is -1.53. The fourth-order valence-corrected chi connectivity index (χ4v) is 1.64. The van der Waals surface area contributed by atoms with Crippen molar-refractivity contribution in [2.75, 3.05) is 6.61 Å². The maximum absolute atomic E-state index is 11.5. The van der Waals surface area contributed by atoms with Gasteiger partial charge in [0.15, 0.2) is 11.9 Å². The molecule has 1 aliphatic carbocycles. The molecule has 0 heterocycles. The van der Waals surface area contributed by atoms with Gasteiger partial charge in [-0.05, 0) is 13.3 Å². The van der Waals surface area contributed by atoms with Crippen molar-refractivity contribution < 1.29 is 29.0 Å². The van der Waals surface area contributed by atoms with Crippen LogP contribution in [0, 0.1) is 0 Å². The van der Waals surface area contributed by atoms with E-state index in [0.29, 0.717) is 0 Å². The maximum Gasteiger partial charge on any atom is 0.342 e. The number of esters is 2. The number of hydrogen-bond acceptors (Lipinski definition) is 6. The van der Waals surface area contributed by atoms with Crippen LogP contribution in [-0.2, 0) is 23.9 Å². The summed E-state index contributed by atoms with van der Waals surface area (Å²) in [7, 11) is 0. The van der Waals surface area contributed by atoms with E-state index in [4.69, 9.17) is 0 Å². The van der Waals surface area contributed by atoms with Crippen LogP contribution in [0.15, 0.2) is 0 Å². The van der Waals surface area contributed by atoms with Crippen LogP contribution in [0.4, 0.5) is 0 Å². The van der Waals surface area contributed by atoms with Crippen molar-refractivity contribution in [3.8, 4) is 0 Å². The van der Waals surface area contributed by atoms with Gasteiger partial charge in [-0.1, -0.05) is 0 Å². The molecule has 0 aliphatic heterocycles. The molecule has 1 saturated carbocycles. The van der Waals surface area contributed by atoms with Crippen LogP contribution in [0.25, 0.3) is 0 Å². The van der Waals surface area contributed by atoms with Gasteiger partial charge in [-0.25, -0.2) is 4.79 Å². The lowest BCUT2D eigenvalue weighted by Crippen LogP contribution is -2.50. The second-order valence-corrected chi connectivity index (χ2v) is 3.60. The normalized spacial score (nSPS) is 28.9. The number of ketones is 1. The van der Waals surface area contributed by atoms with Crippen molar-refractivity contribution in [1.82, 2.24) is 0 Å². The monoisotopic (exact) mass is 230 g/mol. The van der Waals surface area contributed by atoms with E-state index >= 15 is 0 Å². The van der Waals surface area contributed by atoms with Gasteiger partial charge >= 0.3 is 11.9 Å². The summed E-state index contributed by atoms with van der Waals surface area (Å²) in [6.45, 7) is 2.78. The number of hydrogen-bond donors (Lipinski definition) is 1. The van der Waals surface area contributed by atoms with E-state index in [9.17, 15) is 19.5 Å². The highest BCUT2D eigenvalue weighted by Crippen LogP contribution is 2.31. The third kappa shape index (κ3) is 2.21. The van der Waals surface area contributed by atoms with E-state index in [0.717, 1.165) is 6.92 Å². The van der Waals surface area contributed by atoms with Crippen molar-refractivity contribution >= 4 is 17.7 Å². The molecule has 0 aromatic heterocycles. The summed E-state index contributed by atoms with van der Waals surface area (Å²) >= 11 is 0. The third-order valence-electron chi connectivity index (χ3n) is 2.39. The van der Waals surface area contributed by atoms with Crippen LogP contribution in [0.5, 0.6) is 0 Å². The molecular weight excluding hydrogens is 216 g/mol. The first-order chi connectivity index (χ1) is 7.41. The Kier molecular flexibility index (Phi) is 3.64. The summed E-state index contributed by atoms with van der Waals surface area (Å²) in [6, 6.07) is 0. The van der Waals surface area contributed by atoms with Gasteiger partial charge in [0.2, 0.25) is 5.60 Å². The van der Waals surface area contributed by atoms with Gasteiger partial charge in [-0.2, -0.15) is 0 Å². The Morgan fingerprint density at radius 3 is 2.69 bits per heavy atom. The zero-order chi connectivity index (χ0) is 12.3. The maximum atomic E-state index is 11.5. The predicted octanol–water partition coefficient (Wildman–Crippen LogP) is -0.425. The van der Waals surface area contributed by atoms with Crippen LogP contribution in [0.3, 0.4) is 0 Å². The van der Waals surface area contributed by atoms with Gasteiger partial charge in [0.1, 0.15) is 0 Å². The van der Waals surface area contributed by atoms with Gasteiger partial charge in [-0.15, -0.1) is 0 Å². The Morgan fingerprint density at radius 2 is 2.19 bits per heavy atom. The number of Topliss-reactive ketones (excluding diaryl/α,β-unsaturated/α-hetero) is 1. The zero-order valence-corrected chi connectivity index (χ0v) is 9.19. The number of rotatable bonds is 3. The molecule has 16 heavy (non-hydrogen) atoms. The molecular formula is C10H14O6. The van der Waals surface area contributed by atoms with E-state index in [2.05, 4.69) is 9.47 Å². The van der Waals surface area contributed by atoms with Crippen molar-refractivity contribution in [2.24, 2.45) is 0 Å². The molecule has 0 spiro atoms. The first-order valence-electron chi connectivity index (χ1n) is 5.01. The molecule has 1 fully saturated rings. The van der Waals surface area contributed by atoms with Crippen molar-refractivity contribution in [3.05, 3.63) is 0 Å². The molecule has 0 amide bonds. The molecule has 0 aromatic rings. The molecule has 0 saturated heterocycles. The highest BCUT2D eigenvalue weighted by Gasteiger charge is 2.55. The minimum absolute atomic E-state index is 0.00669. The van der Waals surface area contributed by atoms with Crippen molar-refractivity contribution in [2.45, 2.75) is 38.4 Å². The van der Waals surface area contributed by atoms with Crippen LogP contribution in [0.1, 0.15) is 26.7 Å². The number of aliphatic hydroxyl groups is 1. The fraction of sp³-hybridized carbons (Fsp3) is 0.700. The molecule has 6 nitrogen and oxygen atoms in total. The number of carbonyl (C=O) groups is 3. The van der Waals surface area contributed by atoms with Crippen LogP contribution >= 0.6 is 0 Å². The number of ether oxygens (including phenoxy) is 2. The molecule has 6 heteroatoms. The largest absolute Gasteiger partial charge is 0.464 e. The second-order valence-electron chi connectivity index (χ2n) is 3.60. The minimum Gasteiger partial charge on any atom is -0.464 e. The molecule has 1 N–H and O–H groups in total. The molecule has 1 rings (SSSR count). The van der Waals surface area contributed by atoms with E-state index < -0.39 is 29.4 Å². The molecule has 2 atom stereocenters. The average Bonchev–Trinajstić information content (AvgIpc) is 2.47. The van der Waals surface area contributed by atoms with E-state index in [1.807, 2.05) is 0 Å². The van der Waals surface area contributed by atoms with Gasteiger partial charge in [-0.3, -0.25) is 9.59 Å². The predicted molar refractivity (Wildman–Crippen MR) is 51.4 cm³/mol. The van der Waals surface area contributed by atoms with Crippen LogP contribution in [0.2, 0.25) is 0 Å². The van der Waals surface area contributed by atoms with Crippen LogP contribution in [-0.4, -0.2) is 41.1 Å². The van der Waals surface area contributed by atoms with Crippen LogP contribution < -0.4 is 0 Å². The summed E-state index contributed by atoms with van der Waals surface area (Å²) < 4.78 is 9.32. The van der Waals surface area contributed by atoms with Crippen molar-refractivity contribution in [1.29, 1.82) is 0 Å². The molecule has 0 aromatic carbocycles. The molecule has 1 aliphatic rings. The standard InChI is InChI=1S/C10H14O6/c1-3-15-9(13)10(14)5-4-7(12)8(10)16-6(2)11/h8,14H,3-5H2,1-2H3/t8-,10+/m1/s1. The molecule has 0 radical (unpaired) electrons. The lowest BCUT2D eigenvalue weighted by molar-refractivity contribution is -0.183. The Morgan fingerprint density at radius 1 is 1.56 bits per heavy atom. The summed E-state index contributed by atoms with van der Waals surface area (Å²) in [5, 5.41) is 10.00. The highest BCUT2D eigenvalue weighted by atomic mass is 16.6. The van der Waals surface area contributed by atoms with Gasteiger partial charge in [0.25, 0.3) is 0 Å². The lowest BCUT2D eigenvalue weighted by Gasteiger charge is -2.25. The molecule has 0 unspecified atom stereocenters. The smallest absolute Gasteiger partial charge is 0.342 e. The minimum atomic E-state index is -2.03. The Bertz CT molecular complexity index is 323. The molecule has 90 valence electrons. The Hall–Kier alpha value is -1.43. The summed E-state index contributed by atoms with van der Waals surface area (Å²) in [5.74, 6) is -2.11. The highest BCUT2D eigenvalue weighted by molar-refractivity contribution is 5.97. The summed E-state index contributed by atoms with van der Waals surface area (Å²) in [4.78, 5) is 33.7. The van der Waals surface area contributed by atoms with E-state index in [1.165, 1.54) is 0 Å². The molecule has 0 bridgehead atoms. The first-order valence-corrected chi connectivity index (χ1v) is 5.01. The average molecular weight is 230 g/mol. The van der Waals surface area contributed by atoms with E-state index in [-0.39, 0.29) is 19.4 Å². The van der Waals surface area contributed by atoms with Gasteiger partial charge in [0, 0.05) is 13.3 Å². The van der Waals surface area contributed by atoms with Crippen molar-refractivity contribution in [3.63, 3.8) is 0 Å². The quantitative estimate of drug-likeness (QED) is 0.662. The Labute approximate surface area is 92.5 Å². The zero-order valence-electron chi connectivity index (χ0n) is 9.19. The van der Waals surface area contributed by atoms with Gasteiger partial charge < -0.3 is 14.6 Å². The summed E-state index contributed by atoms with van der Waals surface area (Å²) in [5.41, 5.74) is -2.03. The second kappa shape index (κ2) is 4.61. The fourth-order valence-electron chi connectivity index (χ4n) is 1.64. The third-order valence-corrected chi connectivity index (χ3v) is 2.39. The number of carbonyl (C=O) groups excluding carboxylic acids is 3. The van der Waals surface area contributed by atoms with E-state index in [1.54, 1.807) is 6.92 Å². The topological polar surface area (TPSA) is 89.9 Å². The lowest BCUT2D eigenvalue weighted by atomic mass is 10.00. The van der Waals surface area contributed by atoms with Gasteiger partial charge in [0.05, 0.1) is 6.61 Å². The Balaban J connectivity index is 2.88. The first kappa shape index (κ1) is 12.6. The SMILES string of the molecule is CCOC(=O)[C@]1(O)CCC(=O)[C@H]1OC(C)=O.